The number of alkyl halides is 1. The molecule has 0 saturated heterocycles. The molecule has 0 heterocycles. The van der Waals surface area contributed by atoms with Crippen molar-refractivity contribution in [3.63, 3.8) is 0 Å². The molecule has 0 unspecified atom stereocenters. The molecule has 0 aromatic carbocycles. The minimum absolute atomic E-state index is 0.0484. The van der Waals surface area contributed by atoms with Crippen molar-refractivity contribution in [1.29, 1.82) is 0 Å². The van der Waals surface area contributed by atoms with Crippen molar-refractivity contribution < 1.29 is 24.2 Å². The van der Waals surface area contributed by atoms with Crippen molar-refractivity contribution in [2.24, 2.45) is 40.4 Å². The average Bonchev–Trinajstić information content (AvgIpc) is 2.85. The van der Waals surface area contributed by atoms with Gasteiger partial charge in [-0.25, -0.2) is 4.39 Å². The molecule has 3 fully saturated rings. The van der Waals surface area contributed by atoms with Crippen LogP contribution in [0.3, 0.4) is 0 Å². The zero-order valence-electron chi connectivity index (χ0n) is 16.2. The summed E-state index contributed by atoms with van der Waals surface area (Å²) < 4.78 is 15.2. The fraction of sp³-hybridized carbons (Fsp3) is 0.727. The zero-order chi connectivity index (χ0) is 19.7. The first kappa shape index (κ1) is 19.0. The Labute approximate surface area is 159 Å². The molecular weight excluding hydrogens is 347 g/mol. The molecule has 0 aromatic rings. The first-order chi connectivity index (χ1) is 12.6. The second-order valence-corrected chi connectivity index (χ2v) is 9.71. The topological polar surface area (TPSA) is 74.6 Å². The number of carbonyl (C=O) groups excluding carboxylic acids is 2. The summed E-state index contributed by atoms with van der Waals surface area (Å²) >= 11 is 0. The van der Waals surface area contributed by atoms with Crippen LogP contribution in [-0.4, -0.2) is 40.7 Å². The van der Waals surface area contributed by atoms with Gasteiger partial charge in [0.15, 0.2) is 11.6 Å². The van der Waals surface area contributed by atoms with Gasteiger partial charge in [-0.05, 0) is 60.2 Å². The van der Waals surface area contributed by atoms with Gasteiger partial charge in [0.25, 0.3) is 0 Å². The van der Waals surface area contributed by atoms with Gasteiger partial charge in [0, 0.05) is 17.3 Å². The van der Waals surface area contributed by atoms with E-state index >= 15 is 4.39 Å². The quantitative estimate of drug-likeness (QED) is 0.777. The van der Waals surface area contributed by atoms with Gasteiger partial charge in [-0.2, -0.15) is 0 Å². The molecule has 0 amide bonds. The lowest BCUT2D eigenvalue weighted by Crippen LogP contribution is -2.58. The van der Waals surface area contributed by atoms with Gasteiger partial charge in [-0.1, -0.05) is 26.8 Å². The van der Waals surface area contributed by atoms with Gasteiger partial charge < -0.3 is 10.2 Å². The van der Waals surface area contributed by atoms with E-state index in [4.69, 9.17) is 0 Å². The number of rotatable bonds is 2. The van der Waals surface area contributed by atoms with Crippen LogP contribution in [0.5, 0.6) is 0 Å². The molecule has 4 rings (SSSR count). The maximum absolute atomic E-state index is 15.2. The summed E-state index contributed by atoms with van der Waals surface area (Å²) in [5.74, 6) is -0.626. The summed E-state index contributed by atoms with van der Waals surface area (Å²) in [7, 11) is 0. The van der Waals surface area contributed by atoms with Crippen molar-refractivity contribution in [1.82, 2.24) is 0 Å². The van der Waals surface area contributed by atoms with E-state index in [0.29, 0.717) is 12.0 Å². The van der Waals surface area contributed by atoms with Crippen molar-refractivity contribution in [3.05, 3.63) is 23.8 Å². The molecule has 4 nitrogen and oxygen atoms in total. The number of halogens is 1. The molecule has 0 spiro atoms. The van der Waals surface area contributed by atoms with E-state index in [2.05, 4.69) is 0 Å². The summed E-state index contributed by atoms with van der Waals surface area (Å²) in [4.78, 5) is 24.3. The second-order valence-electron chi connectivity index (χ2n) is 9.71. The molecule has 0 bridgehead atoms. The van der Waals surface area contributed by atoms with Crippen molar-refractivity contribution >= 4 is 11.6 Å². The SMILES string of the molecule is C[C@H]1C[C@H]2[C@@H]3C[C@H](F)C4=CC(=O)C=C[C@]4(C)[C@H]3[C@H](O)C[C@]2(C)[C@H]1C(=O)CO. The predicted octanol–water partition coefficient (Wildman–Crippen LogP) is 2.64. The van der Waals surface area contributed by atoms with Crippen LogP contribution >= 0.6 is 0 Å². The van der Waals surface area contributed by atoms with Crippen LogP contribution in [0.2, 0.25) is 0 Å². The van der Waals surface area contributed by atoms with Gasteiger partial charge in [0.05, 0.1) is 6.10 Å². The second kappa shape index (κ2) is 6.08. The highest BCUT2D eigenvalue weighted by molar-refractivity contribution is 6.01. The van der Waals surface area contributed by atoms with E-state index in [1.807, 2.05) is 20.8 Å². The van der Waals surface area contributed by atoms with Crippen LogP contribution in [-0.2, 0) is 9.59 Å². The minimum Gasteiger partial charge on any atom is -0.393 e. The summed E-state index contributed by atoms with van der Waals surface area (Å²) in [5.41, 5.74) is -0.599. The molecule has 0 radical (unpaired) electrons. The Balaban J connectivity index is 1.77. The monoisotopic (exact) mass is 376 g/mol. The molecule has 27 heavy (non-hydrogen) atoms. The summed E-state index contributed by atoms with van der Waals surface area (Å²) in [6, 6.07) is 0. The minimum atomic E-state index is -1.21. The van der Waals surface area contributed by atoms with E-state index < -0.39 is 29.7 Å². The lowest BCUT2D eigenvalue weighted by molar-refractivity contribution is -0.144. The molecule has 5 heteroatoms. The zero-order valence-corrected chi connectivity index (χ0v) is 16.2. The van der Waals surface area contributed by atoms with Crippen LogP contribution in [0.4, 0.5) is 4.39 Å². The highest BCUT2D eigenvalue weighted by Gasteiger charge is 2.65. The standard InChI is InChI=1S/C22H29FO4/c1-11-6-14-13-8-16(23)15-7-12(25)4-5-21(15,2)20(13)17(26)9-22(14,3)19(11)18(27)10-24/h4-5,7,11,13-14,16-17,19-20,24,26H,6,8-10H2,1-3H3/t11-,13-,14-,16-,17+,19+,20+,21-,22-/m0/s1. The fourth-order valence-corrected chi connectivity index (χ4v) is 7.49. The van der Waals surface area contributed by atoms with E-state index in [1.165, 1.54) is 12.2 Å². The Hall–Kier alpha value is -1.33. The van der Waals surface area contributed by atoms with E-state index in [-0.39, 0.29) is 47.6 Å². The number of hydrogen-bond donors (Lipinski definition) is 2. The molecule has 9 atom stereocenters. The van der Waals surface area contributed by atoms with Crippen LogP contribution in [0, 0.1) is 40.4 Å². The third-order valence-electron chi connectivity index (χ3n) is 8.32. The Kier molecular flexibility index (Phi) is 4.28. The highest BCUT2D eigenvalue weighted by atomic mass is 19.1. The van der Waals surface area contributed by atoms with Crippen LogP contribution in [0.25, 0.3) is 0 Å². The fourth-order valence-electron chi connectivity index (χ4n) is 7.49. The highest BCUT2D eigenvalue weighted by Crippen LogP contribution is 2.67. The van der Waals surface area contributed by atoms with E-state index in [1.54, 1.807) is 6.08 Å². The average molecular weight is 376 g/mol. The molecular formula is C22H29FO4. The maximum atomic E-state index is 15.2. The lowest BCUT2D eigenvalue weighted by atomic mass is 9.46. The molecule has 4 aliphatic rings. The van der Waals surface area contributed by atoms with Gasteiger partial charge >= 0.3 is 0 Å². The normalized spacial score (nSPS) is 51.3. The third kappa shape index (κ3) is 2.47. The van der Waals surface area contributed by atoms with E-state index in [9.17, 15) is 19.8 Å². The lowest BCUT2D eigenvalue weighted by Gasteiger charge is -2.59. The number of hydrogen-bond acceptors (Lipinski definition) is 4. The van der Waals surface area contributed by atoms with Crippen LogP contribution < -0.4 is 0 Å². The number of ketones is 2. The Bertz CT molecular complexity index is 743. The Morgan fingerprint density at radius 3 is 2.70 bits per heavy atom. The van der Waals surface area contributed by atoms with Gasteiger partial charge in [0.2, 0.25) is 0 Å². The summed E-state index contributed by atoms with van der Waals surface area (Å²) in [5, 5.41) is 20.6. The third-order valence-corrected chi connectivity index (χ3v) is 8.32. The summed E-state index contributed by atoms with van der Waals surface area (Å²) in [6.07, 6.45) is 4.39. The van der Waals surface area contributed by atoms with E-state index in [0.717, 1.165) is 6.42 Å². The van der Waals surface area contributed by atoms with Gasteiger partial charge in [-0.3, -0.25) is 9.59 Å². The van der Waals surface area contributed by atoms with Gasteiger partial charge in [0.1, 0.15) is 12.8 Å². The number of aliphatic hydroxyl groups excluding tert-OH is 2. The number of carbonyl (C=O) groups is 2. The van der Waals surface area contributed by atoms with Crippen molar-refractivity contribution in [3.8, 4) is 0 Å². The molecule has 4 aliphatic carbocycles. The molecule has 0 aromatic heterocycles. The largest absolute Gasteiger partial charge is 0.393 e. The Morgan fingerprint density at radius 2 is 2.04 bits per heavy atom. The molecule has 3 saturated carbocycles. The predicted molar refractivity (Wildman–Crippen MR) is 98.4 cm³/mol. The number of aliphatic hydroxyl groups is 2. The summed E-state index contributed by atoms with van der Waals surface area (Å²) in [6.45, 7) is 5.53. The Morgan fingerprint density at radius 1 is 1.33 bits per heavy atom. The number of Topliss-reactive ketones (excluding diaryl/α,β-unsaturated/α-hetero) is 1. The van der Waals surface area contributed by atoms with Crippen molar-refractivity contribution in [2.75, 3.05) is 6.61 Å². The first-order valence-corrected chi connectivity index (χ1v) is 10.0. The molecule has 2 N–H and O–H groups in total. The molecule has 148 valence electrons. The maximum Gasteiger partial charge on any atom is 0.178 e. The van der Waals surface area contributed by atoms with Crippen LogP contribution in [0.1, 0.15) is 40.0 Å². The van der Waals surface area contributed by atoms with Crippen LogP contribution in [0.15, 0.2) is 23.8 Å². The number of fused-ring (bicyclic) bond motifs is 5. The van der Waals surface area contributed by atoms with Gasteiger partial charge in [-0.15, -0.1) is 0 Å². The smallest absolute Gasteiger partial charge is 0.178 e. The molecule has 0 aliphatic heterocycles. The first-order valence-electron chi connectivity index (χ1n) is 10.0. The number of allylic oxidation sites excluding steroid dienone is 4. The van der Waals surface area contributed by atoms with Crippen molar-refractivity contribution in [2.45, 2.75) is 52.3 Å².